The van der Waals surface area contributed by atoms with Gasteiger partial charge in [0.05, 0.1) is 12.2 Å². The number of aromatic amines is 1. The van der Waals surface area contributed by atoms with Crippen molar-refractivity contribution < 1.29 is 14.3 Å². The Bertz CT molecular complexity index is 783. The van der Waals surface area contributed by atoms with Crippen molar-refractivity contribution >= 4 is 11.7 Å². The van der Waals surface area contributed by atoms with Gasteiger partial charge in [-0.25, -0.2) is 9.78 Å². The molecule has 2 aliphatic heterocycles. The standard InChI is InChI=1S/C19H25N5O3/c1-12-7-14-10-15(8-12)24(14)19(25)22-13-3-4-17(27-6-5-26-2)16(9-13)18-20-11-21-23-18/h3-4,9,11-12,14-15H,5-8,10H2,1-2H3,(H,22,25)(H,20,21,23)/t12?,14-,15+. The number of hydrogen-bond donors (Lipinski definition) is 2. The summed E-state index contributed by atoms with van der Waals surface area (Å²) in [5, 5.41) is 9.79. The van der Waals surface area contributed by atoms with E-state index in [1.807, 2.05) is 23.1 Å². The van der Waals surface area contributed by atoms with Crippen LogP contribution in [0.15, 0.2) is 24.5 Å². The van der Waals surface area contributed by atoms with Gasteiger partial charge in [0.15, 0.2) is 5.82 Å². The molecule has 2 N–H and O–H groups in total. The number of aromatic nitrogens is 3. The lowest BCUT2D eigenvalue weighted by Gasteiger charge is -2.54. The number of rotatable bonds is 6. The second-order valence-corrected chi connectivity index (χ2v) is 7.34. The van der Waals surface area contributed by atoms with Crippen LogP contribution in [-0.4, -0.2) is 58.5 Å². The maximum Gasteiger partial charge on any atom is 0.322 e. The fraction of sp³-hybridized carbons (Fsp3) is 0.526. The molecular formula is C19H25N5O3. The van der Waals surface area contributed by atoms with Crippen molar-refractivity contribution in [3.8, 4) is 17.1 Å². The van der Waals surface area contributed by atoms with Gasteiger partial charge in [-0.05, 0) is 43.4 Å². The first-order valence-electron chi connectivity index (χ1n) is 9.36. The van der Waals surface area contributed by atoms with Crippen molar-refractivity contribution in [2.45, 2.75) is 38.3 Å². The summed E-state index contributed by atoms with van der Waals surface area (Å²) in [6, 6.07) is 6.27. The number of piperidine rings is 1. The van der Waals surface area contributed by atoms with Crippen molar-refractivity contribution in [3.63, 3.8) is 0 Å². The highest BCUT2D eigenvalue weighted by Gasteiger charge is 2.46. The van der Waals surface area contributed by atoms with Crippen LogP contribution < -0.4 is 10.1 Å². The Morgan fingerprint density at radius 2 is 2.11 bits per heavy atom. The van der Waals surface area contributed by atoms with Gasteiger partial charge in [0.25, 0.3) is 0 Å². The highest BCUT2D eigenvalue weighted by atomic mass is 16.5. The van der Waals surface area contributed by atoms with Crippen molar-refractivity contribution in [1.29, 1.82) is 0 Å². The average molecular weight is 371 g/mol. The maximum absolute atomic E-state index is 12.7. The van der Waals surface area contributed by atoms with Crippen LogP contribution in [0.5, 0.6) is 5.75 Å². The summed E-state index contributed by atoms with van der Waals surface area (Å²) in [7, 11) is 1.63. The van der Waals surface area contributed by atoms with Gasteiger partial charge in [-0.3, -0.25) is 5.10 Å². The van der Waals surface area contributed by atoms with E-state index in [9.17, 15) is 4.79 Å². The van der Waals surface area contributed by atoms with E-state index in [2.05, 4.69) is 27.4 Å². The lowest BCUT2D eigenvalue weighted by molar-refractivity contribution is -0.00601. The molecule has 0 saturated carbocycles. The fourth-order valence-electron chi connectivity index (χ4n) is 4.15. The largest absolute Gasteiger partial charge is 0.490 e. The monoisotopic (exact) mass is 371 g/mol. The first-order valence-corrected chi connectivity index (χ1v) is 9.36. The number of ether oxygens (including phenoxy) is 2. The summed E-state index contributed by atoms with van der Waals surface area (Å²) >= 11 is 0. The highest BCUT2D eigenvalue weighted by molar-refractivity contribution is 5.91. The Kier molecular flexibility index (Phi) is 4.98. The summed E-state index contributed by atoms with van der Waals surface area (Å²) in [6.07, 6.45) is 4.77. The third-order valence-corrected chi connectivity index (χ3v) is 5.36. The molecule has 144 valence electrons. The van der Waals surface area contributed by atoms with Gasteiger partial charge in [-0.15, -0.1) is 0 Å². The van der Waals surface area contributed by atoms with Crippen molar-refractivity contribution in [2.75, 3.05) is 25.6 Å². The SMILES string of the molecule is COCCOc1ccc(NC(=O)N2[C@@H]3CC(C)C[C@H]2C3)cc1-c1ncn[nH]1. The van der Waals surface area contributed by atoms with Crippen LogP contribution >= 0.6 is 0 Å². The number of carbonyl (C=O) groups excluding carboxylic acids is 1. The molecule has 3 heterocycles. The second-order valence-electron chi connectivity index (χ2n) is 7.34. The number of nitrogens with one attached hydrogen (secondary N) is 2. The van der Waals surface area contributed by atoms with Crippen LogP contribution in [-0.2, 0) is 4.74 Å². The zero-order valence-corrected chi connectivity index (χ0v) is 15.6. The number of benzene rings is 1. The number of anilines is 1. The van der Waals surface area contributed by atoms with E-state index in [-0.39, 0.29) is 6.03 Å². The Hall–Kier alpha value is -2.61. The molecule has 2 bridgehead atoms. The lowest BCUT2D eigenvalue weighted by atomic mass is 9.74. The average Bonchev–Trinajstić information content (AvgIpc) is 3.17. The van der Waals surface area contributed by atoms with Crippen LogP contribution in [0, 0.1) is 5.92 Å². The fourth-order valence-corrected chi connectivity index (χ4v) is 4.15. The van der Waals surface area contributed by atoms with Gasteiger partial charge in [-0.2, -0.15) is 5.10 Å². The molecule has 0 radical (unpaired) electrons. The Balaban J connectivity index is 1.50. The molecule has 27 heavy (non-hydrogen) atoms. The zero-order valence-electron chi connectivity index (χ0n) is 15.6. The minimum absolute atomic E-state index is 0.0280. The minimum Gasteiger partial charge on any atom is -0.490 e. The van der Waals surface area contributed by atoms with Crippen LogP contribution in [0.4, 0.5) is 10.5 Å². The molecule has 2 fully saturated rings. The molecule has 1 aromatic heterocycles. The normalized spacial score (nSPS) is 23.6. The molecule has 2 saturated heterocycles. The molecule has 2 aliphatic rings. The lowest BCUT2D eigenvalue weighted by Crippen LogP contribution is -2.63. The Morgan fingerprint density at radius 1 is 1.30 bits per heavy atom. The molecule has 1 unspecified atom stereocenters. The summed E-state index contributed by atoms with van der Waals surface area (Å²) in [5.41, 5.74) is 1.46. The van der Waals surface area contributed by atoms with Crippen LogP contribution in [0.3, 0.4) is 0 Å². The first kappa shape index (κ1) is 17.8. The van der Waals surface area contributed by atoms with Crippen LogP contribution in [0.2, 0.25) is 0 Å². The van der Waals surface area contributed by atoms with Gasteiger partial charge < -0.3 is 19.7 Å². The molecule has 1 aromatic carbocycles. The van der Waals surface area contributed by atoms with E-state index in [0.29, 0.717) is 48.5 Å². The van der Waals surface area contributed by atoms with Gasteiger partial charge in [0, 0.05) is 24.9 Å². The second kappa shape index (κ2) is 7.56. The van der Waals surface area contributed by atoms with Gasteiger partial charge in [0.1, 0.15) is 18.7 Å². The summed E-state index contributed by atoms with van der Waals surface area (Å²) in [4.78, 5) is 18.9. The molecule has 2 aromatic rings. The summed E-state index contributed by atoms with van der Waals surface area (Å²) in [6.45, 7) is 3.18. The van der Waals surface area contributed by atoms with Crippen molar-refractivity contribution in [2.24, 2.45) is 5.92 Å². The predicted molar refractivity (Wildman–Crippen MR) is 101 cm³/mol. The third-order valence-electron chi connectivity index (χ3n) is 5.36. The number of carbonyl (C=O) groups is 1. The third kappa shape index (κ3) is 3.62. The van der Waals surface area contributed by atoms with E-state index < -0.39 is 0 Å². The van der Waals surface area contributed by atoms with Gasteiger partial charge >= 0.3 is 6.03 Å². The van der Waals surface area contributed by atoms with E-state index in [0.717, 1.165) is 24.8 Å². The van der Waals surface area contributed by atoms with E-state index in [1.165, 1.54) is 6.33 Å². The Labute approximate surface area is 158 Å². The van der Waals surface area contributed by atoms with E-state index in [1.54, 1.807) is 7.11 Å². The van der Waals surface area contributed by atoms with Gasteiger partial charge in [0.2, 0.25) is 0 Å². The molecule has 8 nitrogen and oxygen atoms in total. The number of urea groups is 1. The topological polar surface area (TPSA) is 92.4 Å². The smallest absolute Gasteiger partial charge is 0.322 e. The van der Waals surface area contributed by atoms with Crippen LogP contribution in [0.1, 0.15) is 26.2 Å². The van der Waals surface area contributed by atoms with Crippen molar-refractivity contribution in [1.82, 2.24) is 20.1 Å². The summed E-state index contributed by atoms with van der Waals surface area (Å²) in [5.74, 6) is 1.96. The number of fused-ring (bicyclic) bond motifs is 2. The quantitative estimate of drug-likeness (QED) is 0.762. The highest BCUT2D eigenvalue weighted by Crippen LogP contribution is 2.41. The predicted octanol–water partition coefficient (Wildman–Crippen LogP) is 2.90. The molecule has 0 aliphatic carbocycles. The van der Waals surface area contributed by atoms with E-state index >= 15 is 0 Å². The number of H-pyrrole nitrogens is 1. The molecule has 0 spiro atoms. The minimum atomic E-state index is -0.0280. The van der Waals surface area contributed by atoms with Crippen molar-refractivity contribution in [3.05, 3.63) is 24.5 Å². The first-order chi connectivity index (χ1) is 13.2. The summed E-state index contributed by atoms with van der Waals surface area (Å²) < 4.78 is 10.8. The number of amides is 2. The molecule has 8 heteroatoms. The Morgan fingerprint density at radius 3 is 2.81 bits per heavy atom. The molecule has 2 amide bonds. The number of nitrogens with zero attached hydrogens (tertiary/aromatic N) is 3. The van der Waals surface area contributed by atoms with Crippen LogP contribution in [0.25, 0.3) is 11.4 Å². The number of hydrogen-bond acceptors (Lipinski definition) is 5. The maximum atomic E-state index is 12.7. The van der Waals surface area contributed by atoms with Gasteiger partial charge in [-0.1, -0.05) is 6.92 Å². The van der Waals surface area contributed by atoms with E-state index in [4.69, 9.17) is 9.47 Å². The molecule has 3 atom stereocenters. The molecule has 4 rings (SSSR count). The number of methoxy groups -OCH3 is 1. The molecular weight excluding hydrogens is 346 g/mol. The zero-order chi connectivity index (χ0) is 18.8.